The number of nitrogens with zero attached hydrogens (tertiary/aromatic N) is 2. The van der Waals surface area contributed by atoms with Crippen LogP contribution in [0.15, 0.2) is 109 Å². The smallest absolute Gasteiger partial charge is 0.0507 e. The van der Waals surface area contributed by atoms with Crippen molar-refractivity contribution in [2.45, 2.75) is 77.0 Å². The van der Waals surface area contributed by atoms with Gasteiger partial charge in [-0.15, -0.1) is 0 Å². The van der Waals surface area contributed by atoms with Crippen LogP contribution in [0.4, 0.5) is 0 Å². The minimum atomic E-state index is -0.333. The molecule has 0 fully saturated rings. The molecule has 1 aliphatic heterocycles. The fourth-order valence-corrected chi connectivity index (χ4v) is 7.21. The van der Waals surface area contributed by atoms with Gasteiger partial charge in [-0.05, 0) is 68.1 Å². The van der Waals surface area contributed by atoms with Crippen LogP contribution in [0.2, 0.25) is 0 Å². The van der Waals surface area contributed by atoms with E-state index in [0.29, 0.717) is 0 Å². The van der Waals surface area contributed by atoms with Gasteiger partial charge in [0, 0.05) is 21.7 Å². The maximum Gasteiger partial charge on any atom is 0.0507 e. The third-order valence-corrected chi connectivity index (χ3v) is 10.6. The number of fused-ring (bicyclic) bond motifs is 12. The van der Waals surface area contributed by atoms with Crippen LogP contribution in [-0.2, 0) is 21.7 Å². The van der Waals surface area contributed by atoms with Crippen molar-refractivity contribution in [3.05, 3.63) is 154 Å². The normalized spacial score (nSPS) is 17.8. The molecule has 6 aromatic rings. The predicted octanol–water partition coefficient (Wildman–Crippen LogP) is 10.4. The Bertz CT molecular complexity index is 1930. The van der Waals surface area contributed by atoms with E-state index in [-0.39, 0.29) is 21.7 Å². The number of rotatable bonds is 0. The molecule has 0 atom stereocenters. The van der Waals surface area contributed by atoms with Crippen LogP contribution in [0, 0.1) is 0 Å². The van der Waals surface area contributed by atoms with Gasteiger partial charge in [-0.25, -0.2) is 0 Å². The van der Waals surface area contributed by atoms with Crippen LogP contribution < -0.4 is 0 Å². The number of benzene rings is 4. The highest BCUT2D eigenvalue weighted by molar-refractivity contribution is 5.89. The second-order valence-corrected chi connectivity index (χ2v) is 14.8. The highest BCUT2D eigenvalue weighted by atomic mass is 14.8. The van der Waals surface area contributed by atoms with E-state index in [4.69, 9.17) is 9.97 Å². The summed E-state index contributed by atoms with van der Waals surface area (Å²) in [6.07, 6.45) is 0. The Kier molecular flexibility index (Phi) is 6.21. The predicted molar refractivity (Wildman–Crippen MR) is 185 cm³/mol. The van der Waals surface area contributed by atoms with Gasteiger partial charge in [0.1, 0.15) is 0 Å². The second kappa shape index (κ2) is 9.60. The van der Waals surface area contributed by atoms with Gasteiger partial charge in [0.2, 0.25) is 0 Å². The molecule has 0 saturated heterocycles. The molecule has 8 bridgehead atoms. The van der Waals surface area contributed by atoms with Gasteiger partial charge < -0.3 is 0 Å². The molecule has 2 nitrogen and oxygen atoms in total. The van der Waals surface area contributed by atoms with Crippen LogP contribution in [-0.4, -0.2) is 9.97 Å². The highest BCUT2D eigenvalue weighted by Gasteiger charge is 2.36. The summed E-state index contributed by atoms with van der Waals surface area (Å²) in [7, 11) is 0. The molecule has 0 saturated carbocycles. The topological polar surface area (TPSA) is 25.8 Å². The van der Waals surface area contributed by atoms with E-state index in [0.717, 1.165) is 22.8 Å². The molecule has 2 heteroatoms. The molecule has 7 rings (SSSR count). The summed E-state index contributed by atoms with van der Waals surface area (Å²) < 4.78 is 0. The average molecular weight is 575 g/mol. The molecule has 0 unspecified atom stereocenters. The molecular weight excluding hydrogens is 532 g/mol. The molecule has 0 radical (unpaired) electrons. The van der Waals surface area contributed by atoms with Crippen molar-refractivity contribution in [3.63, 3.8) is 0 Å². The third-order valence-electron chi connectivity index (χ3n) is 10.6. The van der Waals surface area contributed by atoms with Gasteiger partial charge in [-0.2, -0.15) is 0 Å². The molecule has 44 heavy (non-hydrogen) atoms. The largest absolute Gasteiger partial charge is 0.256 e. The number of hydrogen-bond acceptors (Lipinski definition) is 2. The molecular formula is C42H42N2. The standard InChI is InChI=1S/C42H42N2/c1-39(2)29-23-27-15-9-11-17-31(27)33(25-29)41(5,6)38-22-14-20-36(44-38)40(3,4)30-24-28-16-10-12-18-32(28)34(26-30)42(7,8)37-21-13-19-35(39)43-37/h9-26H,1-8H3. The Morgan fingerprint density at radius 1 is 0.364 bits per heavy atom. The van der Waals surface area contributed by atoms with Crippen molar-refractivity contribution in [1.82, 2.24) is 9.97 Å². The lowest BCUT2D eigenvalue weighted by Crippen LogP contribution is -2.29. The third kappa shape index (κ3) is 4.22. The average Bonchev–Trinajstić information content (AvgIpc) is 3.03. The summed E-state index contributed by atoms with van der Waals surface area (Å²) in [5, 5.41) is 5.03. The fourth-order valence-electron chi connectivity index (χ4n) is 7.21. The van der Waals surface area contributed by atoms with Gasteiger partial charge in [-0.3, -0.25) is 9.97 Å². The van der Waals surface area contributed by atoms with Crippen LogP contribution >= 0.6 is 0 Å². The first-order chi connectivity index (χ1) is 20.8. The first-order valence-electron chi connectivity index (χ1n) is 15.8. The molecule has 220 valence electrons. The molecule has 1 aliphatic rings. The summed E-state index contributed by atoms with van der Waals surface area (Å²) in [5.41, 5.74) is 8.12. The second-order valence-electron chi connectivity index (χ2n) is 14.8. The Morgan fingerprint density at radius 2 is 0.705 bits per heavy atom. The van der Waals surface area contributed by atoms with E-state index in [2.05, 4.69) is 165 Å². The lowest BCUT2D eigenvalue weighted by atomic mass is 9.71. The van der Waals surface area contributed by atoms with E-state index in [9.17, 15) is 0 Å². The lowest BCUT2D eigenvalue weighted by molar-refractivity contribution is 0.560. The molecule has 0 N–H and O–H groups in total. The molecule has 0 aliphatic carbocycles. The van der Waals surface area contributed by atoms with Gasteiger partial charge in [0.25, 0.3) is 0 Å². The number of hydrogen-bond donors (Lipinski definition) is 0. The quantitative estimate of drug-likeness (QED) is 0.180. The minimum absolute atomic E-state index is 0.320. The van der Waals surface area contributed by atoms with Crippen molar-refractivity contribution in [2.75, 3.05) is 0 Å². The summed E-state index contributed by atoms with van der Waals surface area (Å²) >= 11 is 0. The minimum Gasteiger partial charge on any atom is -0.256 e. The highest BCUT2D eigenvalue weighted by Crippen LogP contribution is 2.44. The number of aromatic nitrogens is 2. The van der Waals surface area contributed by atoms with Gasteiger partial charge in [-0.1, -0.05) is 140 Å². The summed E-state index contributed by atoms with van der Waals surface area (Å²) in [6, 6.07) is 40.3. The van der Waals surface area contributed by atoms with Crippen molar-refractivity contribution >= 4 is 21.5 Å². The zero-order valence-electron chi connectivity index (χ0n) is 27.3. The SMILES string of the molecule is CC1(C)c2cc(c3ccccc3c2)C(C)(C)c2cccc(n2)C(C)(C)c2cc(c3ccccc3c2)C(C)(C)c2cccc1n2. The fraction of sp³-hybridized carbons (Fsp3) is 0.286. The molecule has 2 aromatic heterocycles. The number of pyridine rings is 2. The van der Waals surface area contributed by atoms with Crippen molar-refractivity contribution < 1.29 is 0 Å². The van der Waals surface area contributed by atoms with Crippen LogP contribution in [0.5, 0.6) is 0 Å². The van der Waals surface area contributed by atoms with E-state index < -0.39 is 0 Å². The van der Waals surface area contributed by atoms with Crippen LogP contribution in [0.3, 0.4) is 0 Å². The van der Waals surface area contributed by atoms with Crippen molar-refractivity contribution in [1.29, 1.82) is 0 Å². The van der Waals surface area contributed by atoms with E-state index >= 15 is 0 Å². The monoisotopic (exact) mass is 574 g/mol. The summed E-state index contributed by atoms with van der Waals surface area (Å²) in [4.78, 5) is 11.0. The van der Waals surface area contributed by atoms with Gasteiger partial charge in [0.15, 0.2) is 0 Å². The zero-order valence-corrected chi connectivity index (χ0v) is 27.3. The maximum absolute atomic E-state index is 5.48. The molecule has 4 aromatic carbocycles. The Morgan fingerprint density at radius 3 is 1.09 bits per heavy atom. The van der Waals surface area contributed by atoms with Crippen LogP contribution in [0.25, 0.3) is 21.5 Å². The Balaban J connectivity index is 1.62. The van der Waals surface area contributed by atoms with E-state index in [1.165, 1.54) is 43.8 Å². The van der Waals surface area contributed by atoms with Crippen molar-refractivity contribution in [3.8, 4) is 0 Å². The maximum atomic E-state index is 5.48. The van der Waals surface area contributed by atoms with E-state index in [1.54, 1.807) is 0 Å². The first-order valence-corrected chi connectivity index (χ1v) is 15.8. The Hall–Kier alpha value is -4.30. The summed E-state index contributed by atoms with van der Waals surface area (Å²) in [5.74, 6) is 0. The Labute approximate surface area is 262 Å². The summed E-state index contributed by atoms with van der Waals surface area (Å²) in [6.45, 7) is 18.5. The van der Waals surface area contributed by atoms with Gasteiger partial charge in [0.05, 0.1) is 22.8 Å². The molecule has 0 spiro atoms. The molecule has 3 heterocycles. The lowest BCUT2D eigenvalue weighted by Gasteiger charge is -2.35. The van der Waals surface area contributed by atoms with Crippen LogP contribution in [0.1, 0.15) is 100 Å². The zero-order chi connectivity index (χ0) is 31.1. The molecule has 0 amide bonds. The first kappa shape index (κ1) is 28.5. The van der Waals surface area contributed by atoms with Gasteiger partial charge >= 0.3 is 0 Å². The van der Waals surface area contributed by atoms with Crippen molar-refractivity contribution in [2.24, 2.45) is 0 Å². The van der Waals surface area contributed by atoms with E-state index in [1.807, 2.05) is 0 Å².